The maximum absolute atomic E-state index is 12.4. The van der Waals surface area contributed by atoms with Crippen LogP contribution >= 0.6 is 15.9 Å². The summed E-state index contributed by atoms with van der Waals surface area (Å²) in [4.78, 5) is 16.8. The summed E-state index contributed by atoms with van der Waals surface area (Å²) in [5.41, 5.74) is 5.64. The first-order valence-electron chi connectivity index (χ1n) is 7.09. The molecule has 0 spiro atoms. The van der Waals surface area contributed by atoms with Crippen LogP contribution in [0.15, 0.2) is 64.2 Å². The van der Waals surface area contributed by atoms with Gasteiger partial charge < -0.3 is 0 Å². The number of hydrazone groups is 1. The van der Waals surface area contributed by atoms with E-state index in [0.717, 1.165) is 26.6 Å². The number of nitrogens with one attached hydrogen (secondary N) is 1. The van der Waals surface area contributed by atoms with E-state index in [1.165, 1.54) is 0 Å². The van der Waals surface area contributed by atoms with Crippen molar-refractivity contribution in [3.63, 3.8) is 0 Å². The lowest BCUT2D eigenvalue weighted by molar-refractivity contribution is 0.0956. The predicted molar refractivity (Wildman–Crippen MR) is 95.7 cm³/mol. The van der Waals surface area contributed by atoms with Crippen LogP contribution in [0, 0.1) is 6.92 Å². The Morgan fingerprint density at radius 1 is 1.17 bits per heavy atom. The number of benzene rings is 2. The van der Waals surface area contributed by atoms with Crippen molar-refractivity contribution < 1.29 is 4.79 Å². The van der Waals surface area contributed by atoms with E-state index < -0.39 is 0 Å². The van der Waals surface area contributed by atoms with Gasteiger partial charge in [0.1, 0.15) is 0 Å². The fourth-order valence-electron chi connectivity index (χ4n) is 2.31. The Morgan fingerprint density at radius 3 is 2.83 bits per heavy atom. The number of carbonyl (C=O) groups is 1. The number of carbonyl (C=O) groups excluding carboxylic acids is 1. The van der Waals surface area contributed by atoms with Crippen molar-refractivity contribution in [2.75, 3.05) is 0 Å². The molecule has 2 aromatic carbocycles. The maximum atomic E-state index is 12.4. The molecule has 0 unspecified atom stereocenters. The van der Waals surface area contributed by atoms with Crippen molar-refractivity contribution in [3.05, 3.63) is 75.9 Å². The third kappa shape index (κ3) is 3.63. The number of hydrogen-bond acceptors (Lipinski definition) is 3. The lowest BCUT2D eigenvalue weighted by Crippen LogP contribution is -2.18. The van der Waals surface area contributed by atoms with Gasteiger partial charge in [-0.25, -0.2) is 5.43 Å². The van der Waals surface area contributed by atoms with Gasteiger partial charge in [-0.1, -0.05) is 46.3 Å². The molecule has 0 bridgehead atoms. The summed E-state index contributed by atoms with van der Waals surface area (Å²) in [5.74, 6) is -0.252. The Balaban J connectivity index is 1.84. The number of pyridine rings is 1. The highest BCUT2D eigenvalue weighted by molar-refractivity contribution is 9.10. The SMILES string of the molecule is Cc1cc(C(=O)NN=Cc2cccc(Br)c2)c2ccccc2n1. The number of amides is 1. The number of para-hydroxylation sites is 1. The van der Waals surface area contributed by atoms with E-state index in [1.807, 2.05) is 55.5 Å². The van der Waals surface area contributed by atoms with E-state index in [1.54, 1.807) is 12.3 Å². The second-order valence-corrected chi connectivity index (χ2v) is 6.00. The molecule has 3 aromatic rings. The van der Waals surface area contributed by atoms with Gasteiger partial charge in [0.05, 0.1) is 17.3 Å². The second-order valence-electron chi connectivity index (χ2n) is 5.08. The van der Waals surface area contributed by atoms with Crippen molar-refractivity contribution in [1.82, 2.24) is 10.4 Å². The van der Waals surface area contributed by atoms with E-state index in [2.05, 4.69) is 31.4 Å². The van der Waals surface area contributed by atoms with Gasteiger partial charge in [0.25, 0.3) is 5.91 Å². The van der Waals surface area contributed by atoms with Crippen LogP contribution in [0.3, 0.4) is 0 Å². The molecule has 114 valence electrons. The summed E-state index contributed by atoms with van der Waals surface area (Å²) >= 11 is 3.40. The van der Waals surface area contributed by atoms with E-state index in [4.69, 9.17) is 0 Å². The van der Waals surface area contributed by atoms with Gasteiger partial charge in [-0.2, -0.15) is 5.10 Å². The third-order valence-corrected chi connectivity index (χ3v) is 3.81. The molecule has 0 radical (unpaired) electrons. The molecular weight excluding hydrogens is 354 g/mol. The van der Waals surface area contributed by atoms with Crippen molar-refractivity contribution in [2.45, 2.75) is 6.92 Å². The van der Waals surface area contributed by atoms with Crippen molar-refractivity contribution >= 4 is 39.0 Å². The van der Waals surface area contributed by atoms with Gasteiger partial charge in [0.2, 0.25) is 0 Å². The average Bonchev–Trinajstić information content (AvgIpc) is 2.54. The number of halogens is 1. The fourth-order valence-corrected chi connectivity index (χ4v) is 2.73. The maximum Gasteiger partial charge on any atom is 0.272 e. The zero-order valence-electron chi connectivity index (χ0n) is 12.5. The highest BCUT2D eigenvalue weighted by Gasteiger charge is 2.10. The minimum Gasteiger partial charge on any atom is -0.267 e. The van der Waals surface area contributed by atoms with Gasteiger partial charge in [-0.15, -0.1) is 0 Å². The topological polar surface area (TPSA) is 54.4 Å². The van der Waals surface area contributed by atoms with Gasteiger partial charge >= 0.3 is 0 Å². The Hall–Kier alpha value is -2.53. The first-order valence-corrected chi connectivity index (χ1v) is 7.88. The van der Waals surface area contributed by atoms with Crippen molar-refractivity contribution in [1.29, 1.82) is 0 Å². The highest BCUT2D eigenvalue weighted by Crippen LogP contribution is 2.18. The molecular formula is C18H14BrN3O. The largest absolute Gasteiger partial charge is 0.272 e. The lowest BCUT2D eigenvalue weighted by atomic mass is 10.1. The molecule has 0 atom stereocenters. The molecule has 0 fully saturated rings. The Morgan fingerprint density at radius 2 is 2.00 bits per heavy atom. The first kappa shape index (κ1) is 15.4. The minimum absolute atomic E-state index is 0.252. The van der Waals surface area contributed by atoms with Gasteiger partial charge in [0.15, 0.2) is 0 Å². The van der Waals surface area contributed by atoms with Gasteiger partial charge in [0, 0.05) is 15.6 Å². The second kappa shape index (κ2) is 6.71. The molecule has 23 heavy (non-hydrogen) atoms. The number of hydrogen-bond donors (Lipinski definition) is 1. The molecule has 1 amide bonds. The monoisotopic (exact) mass is 367 g/mol. The first-order chi connectivity index (χ1) is 11.1. The van der Waals surface area contributed by atoms with Crippen LogP contribution in [0.1, 0.15) is 21.6 Å². The fraction of sp³-hybridized carbons (Fsp3) is 0.0556. The molecule has 0 saturated carbocycles. The summed E-state index contributed by atoms with van der Waals surface area (Å²) in [7, 11) is 0. The average molecular weight is 368 g/mol. The molecule has 3 rings (SSSR count). The van der Waals surface area contributed by atoms with Gasteiger partial charge in [-0.3, -0.25) is 9.78 Å². The lowest BCUT2D eigenvalue weighted by Gasteiger charge is -2.06. The smallest absolute Gasteiger partial charge is 0.267 e. The summed E-state index contributed by atoms with van der Waals surface area (Å²) in [6, 6.07) is 17.0. The van der Waals surface area contributed by atoms with Crippen LogP contribution in [0.5, 0.6) is 0 Å². The minimum atomic E-state index is -0.252. The van der Waals surface area contributed by atoms with Crippen LogP contribution in [-0.2, 0) is 0 Å². The molecule has 0 saturated heterocycles. The van der Waals surface area contributed by atoms with Gasteiger partial charge in [-0.05, 0) is 36.8 Å². The molecule has 1 aromatic heterocycles. The molecule has 4 nitrogen and oxygen atoms in total. The van der Waals surface area contributed by atoms with E-state index in [9.17, 15) is 4.79 Å². The quantitative estimate of drug-likeness (QED) is 0.560. The summed E-state index contributed by atoms with van der Waals surface area (Å²) in [6.07, 6.45) is 1.61. The molecule has 1 N–H and O–H groups in total. The van der Waals surface area contributed by atoms with E-state index in [-0.39, 0.29) is 5.91 Å². The van der Waals surface area contributed by atoms with Crippen molar-refractivity contribution in [3.8, 4) is 0 Å². The van der Waals surface area contributed by atoms with Crippen LogP contribution in [0.2, 0.25) is 0 Å². The highest BCUT2D eigenvalue weighted by atomic mass is 79.9. The van der Waals surface area contributed by atoms with E-state index in [0.29, 0.717) is 5.56 Å². The Bertz CT molecular complexity index is 906. The molecule has 5 heteroatoms. The summed E-state index contributed by atoms with van der Waals surface area (Å²) in [6.45, 7) is 1.87. The Kier molecular flexibility index (Phi) is 4.48. The predicted octanol–water partition coefficient (Wildman–Crippen LogP) is 4.07. The number of aromatic nitrogens is 1. The van der Waals surface area contributed by atoms with Crippen LogP contribution in [-0.4, -0.2) is 17.1 Å². The standard InChI is InChI=1S/C18H14BrN3O/c1-12-9-16(15-7-2-3-8-17(15)21-12)18(23)22-20-11-13-5-4-6-14(19)10-13/h2-11H,1H3,(H,22,23). The Labute approximate surface area is 142 Å². The van der Waals surface area contributed by atoms with Crippen LogP contribution in [0.4, 0.5) is 0 Å². The molecule has 0 aliphatic carbocycles. The van der Waals surface area contributed by atoms with Crippen molar-refractivity contribution in [2.24, 2.45) is 5.10 Å². The summed E-state index contributed by atoms with van der Waals surface area (Å²) in [5, 5.41) is 4.84. The number of rotatable bonds is 3. The molecule has 0 aliphatic heterocycles. The third-order valence-electron chi connectivity index (χ3n) is 3.32. The zero-order valence-corrected chi connectivity index (χ0v) is 14.0. The summed E-state index contributed by atoms with van der Waals surface area (Å²) < 4.78 is 0.962. The normalized spacial score (nSPS) is 11.0. The molecule has 1 heterocycles. The van der Waals surface area contributed by atoms with E-state index >= 15 is 0 Å². The number of fused-ring (bicyclic) bond motifs is 1. The van der Waals surface area contributed by atoms with Crippen LogP contribution in [0.25, 0.3) is 10.9 Å². The van der Waals surface area contributed by atoms with Crippen LogP contribution < -0.4 is 5.43 Å². The number of aryl methyl sites for hydroxylation is 1. The molecule has 0 aliphatic rings. The zero-order chi connectivity index (χ0) is 16.2. The number of nitrogens with zero attached hydrogens (tertiary/aromatic N) is 2.